The van der Waals surface area contributed by atoms with Gasteiger partial charge in [-0.05, 0) is 17.7 Å². The van der Waals surface area contributed by atoms with Crippen molar-refractivity contribution in [1.82, 2.24) is 0 Å². The van der Waals surface area contributed by atoms with Crippen molar-refractivity contribution in [2.24, 2.45) is 11.5 Å². The topological polar surface area (TPSA) is 89.3 Å². The van der Waals surface area contributed by atoms with Crippen LogP contribution in [0, 0.1) is 0 Å². The number of phenolic OH excluding ortho intramolecular Hbond substituents is 1. The third-order valence-corrected chi connectivity index (χ3v) is 1.54. The minimum Gasteiger partial charge on any atom is -0.508 e. The van der Waals surface area contributed by atoms with Crippen LogP contribution in [0.25, 0.3) is 0 Å². The van der Waals surface area contributed by atoms with E-state index in [9.17, 15) is 4.79 Å². The number of benzene rings is 1. The molecule has 1 rings (SSSR count). The lowest BCUT2D eigenvalue weighted by Crippen LogP contribution is -2.28. The molecule has 4 nitrogen and oxygen atoms in total. The summed E-state index contributed by atoms with van der Waals surface area (Å²) in [5.41, 5.74) is 10.9. The molecule has 5 N–H and O–H groups in total. The normalized spacial score (nSPS) is 12.4. The third-order valence-electron chi connectivity index (χ3n) is 1.54. The van der Waals surface area contributed by atoms with Crippen LogP contribution in [0.3, 0.4) is 0 Å². The summed E-state index contributed by atoms with van der Waals surface area (Å²) < 4.78 is 0. The molecule has 0 radical (unpaired) electrons. The molecule has 0 aliphatic rings. The first-order valence-corrected chi connectivity index (χ1v) is 3.45. The van der Waals surface area contributed by atoms with Gasteiger partial charge in [0.25, 0.3) is 0 Å². The molecule has 12 heavy (non-hydrogen) atoms. The molecule has 0 heterocycles. The summed E-state index contributed by atoms with van der Waals surface area (Å²) in [6, 6.07) is 5.30. The maximum Gasteiger partial charge on any atom is 0.238 e. The Morgan fingerprint density at radius 2 is 2.17 bits per heavy atom. The zero-order valence-corrected chi connectivity index (χ0v) is 6.40. The highest BCUT2D eigenvalue weighted by molar-refractivity contribution is 5.81. The van der Waals surface area contributed by atoms with Gasteiger partial charge in [0, 0.05) is 0 Å². The summed E-state index contributed by atoms with van der Waals surface area (Å²) in [7, 11) is 0. The van der Waals surface area contributed by atoms with E-state index in [1.807, 2.05) is 0 Å². The van der Waals surface area contributed by atoms with Crippen LogP contribution in [-0.2, 0) is 4.79 Å². The standard InChI is InChI=1S/C8H10N2O2/c9-7(8(10)12)5-2-1-3-6(11)4-5/h1-4,7,11H,9H2,(H2,10,12). The van der Waals surface area contributed by atoms with Crippen molar-refractivity contribution < 1.29 is 9.90 Å². The van der Waals surface area contributed by atoms with Crippen LogP contribution in [0.5, 0.6) is 5.75 Å². The second kappa shape index (κ2) is 3.23. The van der Waals surface area contributed by atoms with Crippen LogP contribution in [-0.4, -0.2) is 11.0 Å². The summed E-state index contributed by atoms with van der Waals surface area (Å²) >= 11 is 0. The van der Waals surface area contributed by atoms with E-state index in [0.717, 1.165) is 0 Å². The van der Waals surface area contributed by atoms with Crippen molar-refractivity contribution in [3.63, 3.8) is 0 Å². The van der Waals surface area contributed by atoms with Crippen LogP contribution in [0.2, 0.25) is 0 Å². The molecule has 1 aromatic rings. The van der Waals surface area contributed by atoms with E-state index in [0.29, 0.717) is 5.56 Å². The monoisotopic (exact) mass is 166 g/mol. The van der Waals surface area contributed by atoms with E-state index in [1.165, 1.54) is 12.1 Å². The average Bonchev–Trinajstić information content (AvgIpc) is 2.03. The molecule has 0 aliphatic carbocycles. The molecule has 0 bridgehead atoms. The molecule has 0 fully saturated rings. The molecule has 0 saturated heterocycles. The van der Waals surface area contributed by atoms with Crippen molar-refractivity contribution in [3.8, 4) is 5.75 Å². The Balaban J connectivity index is 2.95. The molecule has 0 aliphatic heterocycles. The zero-order chi connectivity index (χ0) is 9.14. The Kier molecular flexibility index (Phi) is 2.30. The number of amides is 1. The van der Waals surface area contributed by atoms with Crippen molar-refractivity contribution in [2.45, 2.75) is 6.04 Å². The number of hydrogen-bond acceptors (Lipinski definition) is 3. The van der Waals surface area contributed by atoms with Gasteiger partial charge in [-0.15, -0.1) is 0 Å². The fourth-order valence-electron chi connectivity index (χ4n) is 0.883. The fourth-order valence-corrected chi connectivity index (χ4v) is 0.883. The molecule has 1 atom stereocenters. The third kappa shape index (κ3) is 1.73. The molecular weight excluding hydrogens is 156 g/mol. The second-order valence-electron chi connectivity index (χ2n) is 2.48. The molecule has 4 heteroatoms. The first-order chi connectivity index (χ1) is 5.61. The van der Waals surface area contributed by atoms with Crippen LogP contribution < -0.4 is 11.5 Å². The molecule has 1 unspecified atom stereocenters. The zero-order valence-electron chi connectivity index (χ0n) is 6.40. The first-order valence-electron chi connectivity index (χ1n) is 3.45. The predicted molar refractivity (Wildman–Crippen MR) is 44.2 cm³/mol. The molecule has 0 saturated carbocycles. The number of carbonyl (C=O) groups is 1. The second-order valence-corrected chi connectivity index (χ2v) is 2.48. The molecule has 1 aromatic carbocycles. The van der Waals surface area contributed by atoms with E-state index in [4.69, 9.17) is 16.6 Å². The lowest BCUT2D eigenvalue weighted by Gasteiger charge is -2.06. The van der Waals surface area contributed by atoms with Gasteiger partial charge in [0.15, 0.2) is 0 Å². The van der Waals surface area contributed by atoms with Crippen molar-refractivity contribution in [2.75, 3.05) is 0 Å². The largest absolute Gasteiger partial charge is 0.508 e. The lowest BCUT2D eigenvalue weighted by atomic mass is 10.1. The Bertz CT molecular complexity index is 299. The van der Waals surface area contributed by atoms with E-state index >= 15 is 0 Å². The lowest BCUT2D eigenvalue weighted by molar-refractivity contribution is -0.119. The van der Waals surface area contributed by atoms with Crippen LogP contribution in [0.1, 0.15) is 11.6 Å². The first kappa shape index (κ1) is 8.55. The Morgan fingerprint density at radius 1 is 1.50 bits per heavy atom. The number of rotatable bonds is 2. The maximum absolute atomic E-state index is 10.6. The van der Waals surface area contributed by atoms with Gasteiger partial charge in [0.1, 0.15) is 11.8 Å². The molecule has 0 aromatic heterocycles. The van der Waals surface area contributed by atoms with Gasteiger partial charge in [-0.25, -0.2) is 0 Å². The Hall–Kier alpha value is -1.55. The minimum absolute atomic E-state index is 0.0733. The number of nitrogens with two attached hydrogens (primary N) is 2. The number of carbonyl (C=O) groups excluding carboxylic acids is 1. The maximum atomic E-state index is 10.6. The summed E-state index contributed by atoms with van der Waals surface area (Å²) in [6.45, 7) is 0. The number of hydrogen-bond donors (Lipinski definition) is 3. The highest BCUT2D eigenvalue weighted by Crippen LogP contribution is 2.15. The van der Waals surface area contributed by atoms with E-state index in [-0.39, 0.29) is 5.75 Å². The number of aromatic hydroxyl groups is 1. The van der Waals surface area contributed by atoms with E-state index < -0.39 is 11.9 Å². The molecular formula is C8H10N2O2. The molecule has 1 amide bonds. The van der Waals surface area contributed by atoms with Crippen molar-refractivity contribution in [1.29, 1.82) is 0 Å². The van der Waals surface area contributed by atoms with Crippen molar-refractivity contribution >= 4 is 5.91 Å². The predicted octanol–water partition coefficient (Wildman–Crippen LogP) is -0.123. The van der Waals surface area contributed by atoms with Gasteiger partial charge >= 0.3 is 0 Å². The minimum atomic E-state index is -0.850. The molecule has 64 valence electrons. The van der Waals surface area contributed by atoms with Gasteiger partial charge in [0.05, 0.1) is 0 Å². The van der Waals surface area contributed by atoms with Gasteiger partial charge < -0.3 is 16.6 Å². The van der Waals surface area contributed by atoms with Gasteiger partial charge in [-0.1, -0.05) is 12.1 Å². The Morgan fingerprint density at radius 3 is 2.67 bits per heavy atom. The fraction of sp³-hybridized carbons (Fsp3) is 0.125. The average molecular weight is 166 g/mol. The quantitative estimate of drug-likeness (QED) is 0.572. The SMILES string of the molecule is NC(=O)C(N)c1cccc(O)c1. The number of phenols is 1. The summed E-state index contributed by atoms with van der Waals surface area (Å²) in [6.07, 6.45) is 0. The summed E-state index contributed by atoms with van der Waals surface area (Å²) in [5.74, 6) is -0.537. The smallest absolute Gasteiger partial charge is 0.238 e. The molecule has 0 spiro atoms. The van der Waals surface area contributed by atoms with Gasteiger partial charge in [-0.3, -0.25) is 4.79 Å². The summed E-state index contributed by atoms with van der Waals surface area (Å²) in [5, 5.41) is 9.04. The number of primary amides is 1. The highest BCUT2D eigenvalue weighted by Gasteiger charge is 2.11. The van der Waals surface area contributed by atoms with Crippen LogP contribution in [0.4, 0.5) is 0 Å². The van der Waals surface area contributed by atoms with Crippen LogP contribution >= 0.6 is 0 Å². The van der Waals surface area contributed by atoms with Crippen LogP contribution in [0.15, 0.2) is 24.3 Å². The van der Waals surface area contributed by atoms with Gasteiger partial charge in [0.2, 0.25) is 5.91 Å². The van der Waals surface area contributed by atoms with E-state index in [1.54, 1.807) is 12.1 Å². The van der Waals surface area contributed by atoms with E-state index in [2.05, 4.69) is 0 Å². The van der Waals surface area contributed by atoms with Gasteiger partial charge in [-0.2, -0.15) is 0 Å². The van der Waals surface area contributed by atoms with Crippen molar-refractivity contribution in [3.05, 3.63) is 29.8 Å². The highest BCUT2D eigenvalue weighted by atomic mass is 16.3. The summed E-state index contributed by atoms with van der Waals surface area (Å²) in [4.78, 5) is 10.6. The Labute approximate surface area is 69.8 Å².